The van der Waals surface area contributed by atoms with Crippen LogP contribution in [0.3, 0.4) is 0 Å². The van der Waals surface area contributed by atoms with E-state index in [0.717, 1.165) is 44.3 Å². The smallest absolute Gasteiger partial charge is 0.272 e. The molecular formula is C23H29ClFN5O2. The molecule has 0 radical (unpaired) electrons. The molecule has 9 heteroatoms. The van der Waals surface area contributed by atoms with Gasteiger partial charge in [0.15, 0.2) is 0 Å². The van der Waals surface area contributed by atoms with Gasteiger partial charge in [0, 0.05) is 44.3 Å². The van der Waals surface area contributed by atoms with Gasteiger partial charge in [-0.2, -0.15) is 0 Å². The van der Waals surface area contributed by atoms with Crippen LogP contribution < -0.4 is 5.32 Å². The van der Waals surface area contributed by atoms with Gasteiger partial charge in [0.05, 0.1) is 11.1 Å². The molecule has 0 atom stereocenters. The van der Waals surface area contributed by atoms with Crippen molar-refractivity contribution < 1.29 is 14.3 Å². The van der Waals surface area contributed by atoms with E-state index in [0.29, 0.717) is 42.8 Å². The molecule has 0 saturated carbocycles. The lowest BCUT2D eigenvalue weighted by molar-refractivity contribution is 0.0355. The van der Waals surface area contributed by atoms with Crippen molar-refractivity contribution in [3.63, 3.8) is 0 Å². The molecule has 0 unspecified atom stereocenters. The van der Waals surface area contributed by atoms with E-state index < -0.39 is 5.82 Å². The summed E-state index contributed by atoms with van der Waals surface area (Å²) >= 11 is 5.85. The lowest BCUT2D eigenvalue weighted by Crippen LogP contribution is -2.49. The van der Waals surface area contributed by atoms with Gasteiger partial charge in [-0.1, -0.05) is 17.7 Å². The zero-order valence-corrected chi connectivity index (χ0v) is 19.0. The molecule has 0 bridgehead atoms. The first-order chi connectivity index (χ1) is 15.4. The highest BCUT2D eigenvalue weighted by atomic mass is 35.5. The van der Waals surface area contributed by atoms with Gasteiger partial charge in [-0.05, 0) is 50.3 Å². The summed E-state index contributed by atoms with van der Waals surface area (Å²) in [6, 6.07) is 5.03. The number of hydrogen-bond acceptors (Lipinski definition) is 6. The van der Waals surface area contributed by atoms with Crippen molar-refractivity contribution in [2.75, 3.05) is 31.5 Å². The Labute approximate surface area is 192 Å². The Balaban J connectivity index is 1.36. The van der Waals surface area contributed by atoms with Crippen molar-refractivity contribution in [3.05, 3.63) is 52.2 Å². The predicted molar refractivity (Wildman–Crippen MR) is 121 cm³/mol. The molecule has 0 aliphatic carbocycles. The SMILES string of the molecule is Cc1c(NCc2ccc(F)c(Cl)c2)ncnc1C(=O)N1CCC(N2CCC(O)CC2)CC1. The molecule has 2 aliphatic heterocycles. The van der Waals surface area contributed by atoms with Crippen LogP contribution in [0.5, 0.6) is 0 Å². The van der Waals surface area contributed by atoms with Gasteiger partial charge in [0.25, 0.3) is 5.91 Å². The van der Waals surface area contributed by atoms with Crippen LogP contribution in [0.15, 0.2) is 24.5 Å². The molecule has 2 fully saturated rings. The highest BCUT2D eigenvalue weighted by Gasteiger charge is 2.30. The fraction of sp³-hybridized carbons (Fsp3) is 0.522. The van der Waals surface area contributed by atoms with E-state index in [1.165, 1.54) is 12.4 Å². The van der Waals surface area contributed by atoms with E-state index >= 15 is 0 Å². The van der Waals surface area contributed by atoms with Crippen molar-refractivity contribution in [2.45, 2.75) is 51.3 Å². The number of aliphatic hydroxyl groups is 1. The quantitative estimate of drug-likeness (QED) is 0.711. The summed E-state index contributed by atoms with van der Waals surface area (Å²) in [5, 5.41) is 13.0. The molecule has 7 nitrogen and oxygen atoms in total. The molecular weight excluding hydrogens is 433 g/mol. The lowest BCUT2D eigenvalue weighted by atomic mass is 9.98. The summed E-state index contributed by atoms with van der Waals surface area (Å²) in [4.78, 5) is 26.0. The van der Waals surface area contributed by atoms with Crippen LogP contribution in [-0.4, -0.2) is 69.1 Å². The van der Waals surface area contributed by atoms with Crippen LogP contribution in [0, 0.1) is 12.7 Å². The Hall–Kier alpha value is -2.29. The van der Waals surface area contributed by atoms with Crippen LogP contribution in [0.25, 0.3) is 0 Å². The molecule has 2 aromatic rings. The minimum absolute atomic E-state index is 0.0729. The summed E-state index contributed by atoms with van der Waals surface area (Å²) in [5.74, 6) is 0.0408. The second kappa shape index (κ2) is 10.1. The molecule has 1 amide bonds. The molecule has 2 N–H and O–H groups in total. The lowest BCUT2D eigenvalue weighted by Gasteiger charge is -2.41. The van der Waals surface area contributed by atoms with Gasteiger partial charge in [0.1, 0.15) is 23.7 Å². The maximum Gasteiger partial charge on any atom is 0.272 e. The van der Waals surface area contributed by atoms with Crippen molar-refractivity contribution in [1.29, 1.82) is 0 Å². The van der Waals surface area contributed by atoms with Crippen molar-refractivity contribution in [3.8, 4) is 0 Å². The van der Waals surface area contributed by atoms with Crippen LogP contribution in [0.4, 0.5) is 10.2 Å². The van der Waals surface area contributed by atoms with E-state index in [-0.39, 0.29) is 17.0 Å². The number of likely N-dealkylation sites (tertiary alicyclic amines) is 2. The molecule has 2 aliphatic rings. The minimum atomic E-state index is -0.455. The topological polar surface area (TPSA) is 81.6 Å². The number of rotatable bonds is 5. The highest BCUT2D eigenvalue weighted by Crippen LogP contribution is 2.24. The van der Waals surface area contributed by atoms with Gasteiger partial charge in [0.2, 0.25) is 0 Å². The number of hydrogen-bond donors (Lipinski definition) is 2. The predicted octanol–water partition coefficient (Wildman–Crippen LogP) is 3.25. The Morgan fingerprint density at radius 3 is 2.59 bits per heavy atom. The van der Waals surface area contributed by atoms with Crippen LogP contribution in [-0.2, 0) is 6.54 Å². The molecule has 4 rings (SSSR count). The Morgan fingerprint density at radius 1 is 1.19 bits per heavy atom. The third kappa shape index (κ3) is 5.19. The van der Waals surface area contributed by atoms with Gasteiger partial charge in [-0.3, -0.25) is 4.79 Å². The van der Waals surface area contributed by atoms with Gasteiger partial charge in [-0.25, -0.2) is 14.4 Å². The number of piperidine rings is 2. The average molecular weight is 462 g/mol. The number of anilines is 1. The number of aromatic nitrogens is 2. The summed E-state index contributed by atoms with van der Waals surface area (Å²) in [6.07, 6.45) is 4.76. The number of nitrogens with one attached hydrogen (secondary N) is 1. The first-order valence-electron chi connectivity index (χ1n) is 11.1. The van der Waals surface area contributed by atoms with E-state index in [4.69, 9.17) is 11.6 Å². The Morgan fingerprint density at radius 2 is 1.91 bits per heavy atom. The third-order valence-electron chi connectivity index (χ3n) is 6.50. The fourth-order valence-corrected chi connectivity index (χ4v) is 4.72. The van der Waals surface area contributed by atoms with E-state index in [9.17, 15) is 14.3 Å². The van der Waals surface area contributed by atoms with Gasteiger partial charge >= 0.3 is 0 Å². The minimum Gasteiger partial charge on any atom is -0.393 e. The molecule has 3 heterocycles. The number of carbonyl (C=O) groups is 1. The van der Waals surface area contributed by atoms with Crippen LogP contribution in [0.2, 0.25) is 5.02 Å². The van der Waals surface area contributed by atoms with Crippen molar-refractivity contribution >= 4 is 23.3 Å². The Kier molecular flexibility index (Phi) is 7.23. The van der Waals surface area contributed by atoms with E-state index in [1.807, 2.05) is 11.8 Å². The fourth-order valence-electron chi connectivity index (χ4n) is 4.51. The number of halogens is 2. The number of carbonyl (C=O) groups excluding carboxylic acids is 1. The van der Waals surface area contributed by atoms with Gasteiger partial charge in [-0.15, -0.1) is 0 Å². The maximum absolute atomic E-state index is 13.4. The normalized spacial score (nSPS) is 18.7. The summed E-state index contributed by atoms with van der Waals surface area (Å²) in [7, 11) is 0. The first-order valence-corrected chi connectivity index (χ1v) is 11.5. The number of aliphatic hydroxyl groups excluding tert-OH is 1. The van der Waals surface area contributed by atoms with E-state index in [1.54, 1.807) is 12.1 Å². The molecule has 2 saturated heterocycles. The number of amides is 1. The highest BCUT2D eigenvalue weighted by molar-refractivity contribution is 6.30. The zero-order valence-electron chi connectivity index (χ0n) is 18.2. The summed E-state index contributed by atoms with van der Waals surface area (Å²) in [5.41, 5.74) is 1.91. The molecule has 32 heavy (non-hydrogen) atoms. The molecule has 0 spiro atoms. The standard InChI is InChI=1S/C23H29ClFN5O2/c1-15-21(27-14-28-22(15)26-13-16-2-3-20(25)19(24)12-16)23(32)30-8-4-17(5-9-30)29-10-6-18(31)7-11-29/h2-3,12,14,17-18,31H,4-11,13H2,1H3,(H,26,27,28). The summed E-state index contributed by atoms with van der Waals surface area (Å²) in [6.45, 7) is 5.49. The van der Waals surface area contributed by atoms with Crippen molar-refractivity contribution in [2.24, 2.45) is 0 Å². The van der Waals surface area contributed by atoms with Gasteiger partial charge < -0.3 is 20.2 Å². The average Bonchev–Trinajstić information content (AvgIpc) is 2.81. The molecule has 1 aromatic carbocycles. The summed E-state index contributed by atoms with van der Waals surface area (Å²) < 4.78 is 13.4. The van der Waals surface area contributed by atoms with Crippen LogP contribution in [0.1, 0.15) is 47.3 Å². The second-order valence-electron chi connectivity index (χ2n) is 8.59. The van der Waals surface area contributed by atoms with Crippen LogP contribution >= 0.6 is 11.6 Å². The van der Waals surface area contributed by atoms with Crippen molar-refractivity contribution in [1.82, 2.24) is 19.8 Å². The zero-order chi connectivity index (χ0) is 22.7. The molecule has 1 aromatic heterocycles. The largest absolute Gasteiger partial charge is 0.393 e. The monoisotopic (exact) mass is 461 g/mol. The molecule has 172 valence electrons. The number of benzene rings is 1. The maximum atomic E-state index is 13.4. The second-order valence-corrected chi connectivity index (χ2v) is 9.00. The Bertz CT molecular complexity index is 959. The van der Waals surface area contributed by atoms with E-state index in [2.05, 4.69) is 20.2 Å². The third-order valence-corrected chi connectivity index (χ3v) is 6.79. The first kappa shape index (κ1) is 22.9. The number of nitrogens with zero attached hydrogens (tertiary/aromatic N) is 4.